The van der Waals surface area contributed by atoms with Crippen LogP contribution in [0.15, 0.2) is 24.3 Å². The average Bonchev–Trinajstić information content (AvgIpc) is 2.53. The van der Waals surface area contributed by atoms with Crippen molar-refractivity contribution in [1.29, 1.82) is 0 Å². The molecule has 0 aromatic heterocycles. The molecule has 1 saturated heterocycles. The molecule has 1 aromatic rings. The molecule has 1 fully saturated rings. The van der Waals surface area contributed by atoms with Crippen molar-refractivity contribution in [3.63, 3.8) is 0 Å². The lowest BCUT2D eigenvalue weighted by atomic mass is 10.1. The lowest BCUT2D eigenvalue weighted by molar-refractivity contribution is 0.163. The van der Waals surface area contributed by atoms with E-state index in [0.29, 0.717) is 6.61 Å². The van der Waals surface area contributed by atoms with Gasteiger partial charge in [0.25, 0.3) is 0 Å². The van der Waals surface area contributed by atoms with Gasteiger partial charge >= 0.3 is 6.09 Å². The number of likely N-dealkylation sites (N-methyl/N-ethyl adjacent to an activating group) is 1. The van der Waals surface area contributed by atoms with E-state index < -0.39 is 0 Å². The highest BCUT2D eigenvalue weighted by Crippen LogP contribution is 2.15. The molecule has 1 heterocycles. The van der Waals surface area contributed by atoms with Crippen molar-refractivity contribution in [1.82, 2.24) is 4.90 Å². The molecule has 0 radical (unpaired) electrons. The molecule has 0 unspecified atom stereocenters. The Morgan fingerprint density at radius 2 is 2.06 bits per heavy atom. The molecule has 1 aliphatic heterocycles. The normalized spacial score (nSPS) is 19.2. The first-order valence-electron chi connectivity index (χ1n) is 4.91. The van der Waals surface area contributed by atoms with Crippen LogP contribution >= 0.6 is 12.4 Å². The van der Waals surface area contributed by atoms with Crippen LogP contribution in [-0.4, -0.2) is 30.7 Å². The van der Waals surface area contributed by atoms with Gasteiger partial charge in [-0.3, -0.25) is 0 Å². The van der Waals surface area contributed by atoms with Crippen LogP contribution in [0.3, 0.4) is 0 Å². The van der Waals surface area contributed by atoms with Crippen LogP contribution in [0.1, 0.15) is 5.56 Å². The Hall–Kier alpha value is -1.42. The Bertz CT molecular complexity index is 367. The molecule has 2 N–H and O–H groups in total. The van der Waals surface area contributed by atoms with Crippen LogP contribution in [-0.2, 0) is 11.2 Å². The first-order chi connectivity index (χ1) is 7.16. The largest absolute Gasteiger partial charge is 0.447 e. The van der Waals surface area contributed by atoms with Gasteiger partial charge in [0.15, 0.2) is 0 Å². The summed E-state index contributed by atoms with van der Waals surface area (Å²) in [6.45, 7) is 0.472. The van der Waals surface area contributed by atoms with E-state index in [9.17, 15) is 4.79 Å². The zero-order chi connectivity index (χ0) is 10.8. The van der Waals surface area contributed by atoms with Gasteiger partial charge in [-0.05, 0) is 24.1 Å². The summed E-state index contributed by atoms with van der Waals surface area (Å²) in [6.07, 6.45) is 0.568. The summed E-state index contributed by atoms with van der Waals surface area (Å²) in [5, 5.41) is 0. The molecule has 1 atom stereocenters. The van der Waals surface area contributed by atoms with Crippen molar-refractivity contribution in [2.45, 2.75) is 12.5 Å². The summed E-state index contributed by atoms with van der Waals surface area (Å²) in [4.78, 5) is 12.7. The molecule has 1 aliphatic rings. The number of anilines is 1. The fourth-order valence-electron chi connectivity index (χ4n) is 1.65. The maximum absolute atomic E-state index is 11.1. The van der Waals surface area contributed by atoms with Gasteiger partial charge in [-0.15, -0.1) is 12.4 Å². The number of nitrogens with two attached hydrogens (primary N) is 1. The lowest BCUT2D eigenvalue weighted by Gasteiger charge is -2.15. The van der Waals surface area contributed by atoms with Crippen molar-refractivity contribution < 1.29 is 9.53 Å². The lowest BCUT2D eigenvalue weighted by Crippen LogP contribution is -2.30. The van der Waals surface area contributed by atoms with E-state index >= 15 is 0 Å². The molecule has 5 heteroatoms. The van der Waals surface area contributed by atoms with Gasteiger partial charge in [-0.2, -0.15) is 0 Å². The molecular weight excluding hydrogens is 228 g/mol. The van der Waals surface area contributed by atoms with Gasteiger partial charge in [-0.25, -0.2) is 4.79 Å². The number of carbonyl (C=O) groups excluding carboxylic acids is 1. The molecule has 4 nitrogen and oxygen atoms in total. The Balaban J connectivity index is 0.00000128. The second kappa shape index (κ2) is 5.07. The second-order valence-electron chi connectivity index (χ2n) is 3.79. The maximum atomic E-state index is 11.1. The van der Waals surface area contributed by atoms with Gasteiger partial charge in [0.2, 0.25) is 0 Å². The Morgan fingerprint density at radius 3 is 2.56 bits per heavy atom. The minimum absolute atomic E-state index is 0. The number of amides is 1. The highest BCUT2D eigenvalue weighted by atomic mass is 35.5. The number of hydrogen-bond acceptors (Lipinski definition) is 3. The van der Waals surface area contributed by atoms with E-state index in [4.69, 9.17) is 10.5 Å². The number of rotatable bonds is 2. The second-order valence-corrected chi connectivity index (χ2v) is 3.79. The summed E-state index contributed by atoms with van der Waals surface area (Å²) >= 11 is 0. The standard InChI is InChI=1S/C11H14N2O2.ClH/c1-13-10(7-15-11(13)14)6-8-2-4-9(12)5-3-8;/h2-5,10H,6-7,12H2,1H3;1H/t10-;/m0./s1. The van der Waals surface area contributed by atoms with E-state index in [2.05, 4.69) is 0 Å². The molecule has 16 heavy (non-hydrogen) atoms. The summed E-state index contributed by atoms with van der Waals surface area (Å²) in [7, 11) is 1.76. The van der Waals surface area contributed by atoms with Crippen LogP contribution < -0.4 is 5.73 Å². The minimum Gasteiger partial charge on any atom is -0.447 e. The Labute approximate surface area is 101 Å². The van der Waals surface area contributed by atoms with E-state index in [-0.39, 0.29) is 24.5 Å². The van der Waals surface area contributed by atoms with E-state index in [1.54, 1.807) is 11.9 Å². The molecule has 0 saturated carbocycles. The summed E-state index contributed by atoms with van der Waals surface area (Å²) in [5.41, 5.74) is 7.52. The number of nitrogen functional groups attached to an aromatic ring is 1. The van der Waals surface area contributed by atoms with E-state index in [1.165, 1.54) is 5.56 Å². The van der Waals surface area contributed by atoms with Crippen LogP contribution in [0.2, 0.25) is 0 Å². The maximum Gasteiger partial charge on any atom is 0.409 e. The number of halogens is 1. The predicted octanol–water partition coefficient (Wildman–Crippen LogP) is 1.68. The number of carbonyl (C=O) groups is 1. The zero-order valence-electron chi connectivity index (χ0n) is 9.05. The van der Waals surface area contributed by atoms with Crippen molar-refractivity contribution in [3.05, 3.63) is 29.8 Å². The highest BCUT2D eigenvalue weighted by Gasteiger charge is 2.29. The van der Waals surface area contributed by atoms with Gasteiger partial charge in [0, 0.05) is 12.7 Å². The summed E-state index contributed by atoms with van der Waals surface area (Å²) in [5.74, 6) is 0. The molecule has 88 valence electrons. The molecule has 0 spiro atoms. The average molecular weight is 243 g/mol. The topological polar surface area (TPSA) is 55.6 Å². The van der Waals surface area contributed by atoms with Gasteiger partial charge in [-0.1, -0.05) is 12.1 Å². The number of benzene rings is 1. The van der Waals surface area contributed by atoms with Crippen molar-refractivity contribution in [2.24, 2.45) is 0 Å². The number of hydrogen-bond donors (Lipinski definition) is 1. The monoisotopic (exact) mass is 242 g/mol. The fraction of sp³-hybridized carbons (Fsp3) is 0.364. The first kappa shape index (κ1) is 12.6. The number of nitrogens with zero attached hydrogens (tertiary/aromatic N) is 1. The third-order valence-electron chi connectivity index (χ3n) is 2.69. The van der Waals surface area contributed by atoms with Crippen molar-refractivity contribution >= 4 is 24.2 Å². The van der Waals surface area contributed by atoms with E-state index in [0.717, 1.165) is 12.1 Å². The Morgan fingerprint density at radius 1 is 1.44 bits per heavy atom. The molecular formula is C11H15ClN2O2. The molecule has 1 aromatic carbocycles. The van der Waals surface area contributed by atoms with Crippen LogP contribution in [0, 0.1) is 0 Å². The number of ether oxygens (including phenoxy) is 1. The van der Waals surface area contributed by atoms with Crippen LogP contribution in [0.4, 0.5) is 10.5 Å². The number of cyclic esters (lactones) is 1. The quantitative estimate of drug-likeness (QED) is 0.803. The first-order valence-corrected chi connectivity index (χ1v) is 4.91. The minimum atomic E-state index is -0.240. The van der Waals surface area contributed by atoms with Crippen LogP contribution in [0.25, 0.3) is 0 Å². The molecule has 0 bridgehead atoms. The third-order valence-corrected chi connectivity index (χ3v) is 2.69. The summed E-state index contributed by atoms with van der Waals surface area (Å²) in [6, 6.07) is 7.83. The van der Waals surface area contributed by atoms with Gasteiger partial charge in [0.1, 0.15) is 6.61 Å². The Kier molecular flexibility index (Phi) is 4.01. The van der Waals surface area contributed by atoms with Crippen molar-refractivity contribution in [2.75, 3.05) is 19.4 Å². The van der Waals surface area contributed by atoms with Crippen LogP contribution in [0.5, 0.6) is 0 Å². The fourth-order valence-corrected chi connectivity index (χ4v) is 1.65. The van der Waals surface area contributed by atoms with Crippen molar-refractivity contribution in [3.8, 4) is 0 Å². The smallest absolute Gasteiger partial charge is 0.409 e. The molecule has 2 rings (SSSR count). The predicted molar refractivity (Wildman–Crippen MR) is 64.7 cm³/mol. The molecule has 0 aliphatic carbocycles. The van der Waals surface area contributed by atoms with Gasteiger partial charge < -0.3 is 15.4 Å². The van der Waals surface area contributed by atoms with E-state index in [1.807, 2.05) is 24.3 Å². The zero-order valence-corrected chi connectivity index (χ0v) is 9.87. The summed E-state index contributed by atoms with van der Waals surface area (Å²) < 4.78 is 4.94. The van der Waals surface area contributed by atoms with Gasteiger partial charge in [0.05, 0.1) is 6.04 Å². The third kappa shape index (κ3) is 2.58. The highest BCUT2D eigenvalue weighted by molar-refractivity contribution is 5.85. The molecule has 1 amide bonds. The SMILES string of the molecule is CN1C(=O)OC[C@@H]1Cc1ccc(N)cc1.Cl.